The SMILES string of the molecule is Oc1c(I)cc(I)cc1C=NCCCN=Cc1cc(I)cc(I)c1O. The van der Waals surface area contributed by atoms with Crippen LogP contribution in [-0.4, -0.2) is 35.7 Å². The van der Waals surface area contributed by atoms with Crippen molar-refractivity contribution in [3.63, 3.8) is 0 Å². The summed E-state index contributed by atoms with van der Waals surface area (Å²) in [6, 6.07) is 7.65. The van der Waals surface area contributed by atoms with E-state index in [-0.39, 0.29) is 11.5 Å². The molecule has 0 atom stereocenters. The van der Waals surface area contributed by atoms with E-state index < -0.39 is 0 Å². The van der Waals surface area contributed by atoms with Crippen LogP contribution in [0.2, 0.25) is 0 Å². The Bertz CT molecular complexity index is 755. The third-order valence-electron chi connectivity index (χ3n) is 3.15. The number of hydrogen-bond donors (Lipinski definition) is 2. The zero-order valence-corrected chi connectivity index (χ0v) is 21.5. The lowest BCUT2D eigenvalue weighted by molar-refractivity contribution is 0.470. The average Bonchev–Trinajstić information content (AvgIpc) is 2.55. The first-order valence-electron chi connectivity index (χ1n) is 7.24. The van der Waals surface area contributed by atoms with E-state index in [1.165, 1.54) is 0 Å². The quantitative estimate of drug-likeness (QED) is 0.233. The standard InChI is InChI=1S/C17H14I4N2O2/c18-12-4-10(16(24)14(20)6-12)8-22-2-1-3-23-9-11-5-13(19)7-15(21)17(11)25/h4-9,24-25H,1-3H2. The third-order valence-corrected chi connectivity index (χ3v) is 6.04. The van der Waals surface area contributed by atoms with Gasteiger partial charge in [-0.15, -0.1) is 0 Å². The van der Waals surface area contributed by atoms with Crippen molar-refractivity contribution in [1.82, 2.24) is 0 Å². The molecule has 132 valence electrons. The molecular weight excluding hydrogens is 772 g/mol. The summed E-state index contributed by atoms with van der Waals surface area (Å²) in [6.45, 7) is 1.27. The number of nitrogens with zero attached hydrogens (tertiary/aromatic N) is 2. The molecule has 2 rings (SSSR count). The van der Waals surface area contributed by atoms with Crippen molar-refractivity contribution in [2.24, 2.45) is 9.98 Å². The van der Waals surface area contributed by atoms with E-state index in [9.17, 15) is 10.2 Å². The van der Waals surface area contributed by atoms with Crippen molar-refractivity contribution in [1.29, 1.82) is 0 Å². The number of phenolic OH excluding ortho intramolecular Hbond substituents is 2. The second kappa shape index (κ2) is 10.6. The van der Waals surface area contributed by atoms with Crippen LogP contribution >= 0.6 is 90.4 Å². The molecule has 2 aromatic rings. The molecule has 0 amide bonds. The van der Waals surface area contributed by atoms with Gasteiger partial charge >= 0.3 is 0 Å². The van der Waals surface area contributed by atoms with Crippen molar-refractivity contribution in [2.75, 3.05) is 13.1 Å². The predicted molar refractivity (Wildman–Crippen MR) is 137 cm³/mol. The van der Waals surface area contributed by atoms with Gasteiger partial charge in [0.1, 0.15) is 11.5 Å². The highest BCUT2D eigenvalue weighted by Crippen LogP contribution is 2.26. The van der Waals surface area contributed by atoms with Crippen molar-refractivity contribution in [3.05, 3.63) is 49.7 Å². The lowest BCUT2D eigenvalue weighted by Crippen LogP contribution is -1.92. The van der Waals surface area contributed by atoms with E-state index in [2.05, 4.69) is 100 Å². The van der Waals surface area contributed by atoms with E-state index >= 15 is 0 Å². The molecule has 0 heterocycles. The van der Waals surface area contributed by atoms with E-state index in [4.69, 9.17) is 0 Å². The highest BCUT2D eigenvalue weighted by atomic mass is 127. The van der Waals surface area contributed by atoms with Gasteiger partial charge in [-0.05, 0) is 121 Å². The molecule has 0 unspecified atom stereocenters. The molecule has 0 spiro atoms. The molecular formula is C17H14I4N2O2. The van der Waals surface area contributed by atoms with Gasteiger partial charge in [0.15, 0.2) is 0 Å². The average molecular weight is 786 g/mol. The molecule has 25 heavy (non-hydrogen) atoms. The number of halogens is 4. The number of rotatable bonds is 6. The summed E-state index contributed by atoms with van der Waals surface area (Å²) < 4.78 is 3.78. The van der Waals surface area contributed by atoms with Gasteiger partial charge in [0, 0.05) is 43.8 Å². The van der Waals surface area contributed by atoms with E-state index in [0.717, 1.165) is 31.8 Å². The fraction of sp³-hybridized carbons (Fsp3) is 0.176. The molecule has 2 N–H and O–H groups in total. The van der Waals surface area contributed by atoms with Crippen LogP contribution in [-0.2, 0) is 0 Å². The molecule has 0 aliphatic carbocycles. The largest absolute Gasteiger partial charge is 0.506 e. The van der Waals surface area contributed by atoms with Crippen LogP contribution in [0.15, 0.2) is 34.3 Å². The fourth-order valence-electron chi connectivity index (χ4n) is 1.95. The molecule has 0 saturated carbocycles. The van der Waals surface area contributed by atoms with Crippen LogP contribution in [0.1, 0.15) is 17.5 Å². The molecule has 0 fully saturated rings. The van der Waals surface area contributed by atoms with Crippen LogP contribution < -0.4 is 0 Å². The van der Waals surface area contributed by atoms with Gasteiger partial charge in [-0.3, -0.25) is 9.98 Å². The maximum Gasteiger partial charge on any atom is 0.137 e. The Hall–Kier alpha value is 0.300. The van der Waals surface area contributed by atoms with Gasteiger partial charge < -0.3 is 10.2 Å². The Kier molecular flexibility index (Phi) is 9.15. The molecule has 0 aliphatic rings. The summed E-state index contributed by atoms with van der Waals surface area (Å²) in [7, 11) is 0. The lowest BCUT2D eigenvalue weighted by atomic mass is 10.2. The number of aromatic hydroxyl groups is 2. The van der Waals surface area contributed by atoms with Crippen molar-refractivity contribution < 1.29 is 10.2 Å². The predicted octanol–water partition coefficient (Wildman–Crippen LogP) is 5.44. The van der Waals surface area contributed by atoms with Gasteiger partial charge in [0.05, 0.1) is 7.14 Å². The van der Waals surface area contributed by atoms with Gasteiger partial charge in [0.2, 0.25) is 0 Å². The normalized spacial score (nSPS) is 11.7. The third kappa shape index (κ3) is 6.75. The number of benzene rings is 2. The highest BCUT2D eigenvalue weighted by molar-refractivity contribution is 14.1. The summed E-state index contributed by atoms with van der Waals surface area (Å²) in [6.07, 6.45) is 4.21. The van der Waals surface area contributed by atoms with Crippen molar-refractivity contribution >= 4 is 103 Å². The Morgan fingerprint density at radius 3 is 1.52 bits per heavy atom. The molecule has 0 aliphatic heterocycles. The molecule has 0 bridgehead atoms. The summed E-state index contributed by atoms with van der Waals surface area (Å²) in [5.74, 6) is 0.540. The maximum atomic E-state index is 10.0. The Labute approximate surface area is 201 Å². The maximum absolute atomic E-state index is 10.0. The number of phenols is 2. The summed E-state index contributed by atoms with van der Waals surface area (Å²) in [5, 5.41) is 20.0. The molecule has 0 saturated heterocycles. The van der Waals surface area contributed by atoms with Gasteiger partial charge in [0.25, 0.3) is 0 Å². The first-order valence-corrected chi connectivity index (χ1v) is 11.6. The minimum absolute atomic E-state index is 0.270. The van der Waals surface area contributed by atoms with Crippen molar-refractivity contribution in [3.8, 4) is 11.5 Å². The van der Waals surface area contributed by atoms with Crippen LogP contribution in [0.4, 0.5) is 0 Å². The summed E-state index contributed by atoms with van der Waals surface area (Å²) in [5.41, 5.74) is 1.47. The Morgan fingerprint density at radius 1 is 0.720 bits per heavy atom. The molecule has 8 heteroatoms. The van der Waals surface area contributed by atoms with E-state index in [1.807, 2.05) is 24.3 Å². The van der Waals surface area contributed by atoms with E-state index in [1.54, 1.807) is 12.4 Å². The highest BCUT2D eigenvalue weighted by Gasteiger charge is 2.05. The minimum Gasteiger partial charge on any atom is -0.506 e. The summed E-state index contributed by atoms with van der Waals surface area (Å²) in [4.78, 5) is 8.72. The molecule has 0 aromatic heterocycles. The number of hydrogen-bond acceptors (Lipinski definition) is 4. The molecule has 0 radical (unpaired) electrons. The van der Waals surface area contributed by atoms with Crippen LogP contribution in [0, 0.1) is 14.3 Å². The smallest absolute Gasteiger partial charge is 0.137 e. The summed E-state index contributed by atoms with van der Waals surface area (Å²) >= 11 is 8.66. The van der Waals surface area contributed by atoms with Crippen LogP contribution in [0.25, 0.3) is 0 Å². The Morgan fingerprint density at radius 2 is 1.12 bits per heavy atom. The Balaban J connectivity index is 1.86. The first-order chi connectivity index (χ1) is 11.9. The zero-order valence-electron chi connectivity index (χ0n) is 12.9. The van der Waals surface area contributed by atoms with Crippen LogP contribution in [0.5, 0.6) is 11.5 Å². The van der Waals surface area contributed by atoms with Crippen LogP contribution in [0.3, 0.4) is 0 Å². The minimum atomic E-state index is 0.270. The van der Waals surface area contributed by atoms with Gasteiger partial charge in [-0.25, -0.2) is 0 Å². The monoisotopic (exact) mass is 786 g/mol. The molecule has 4 nitrogen and oxygen atoms in total. The first kappa shape index (κ1) is 21.6. The fourth-order valence-corrected chi connectivity index (χ4v) is 5.73. The topological polar surface area (TPSA) is 65.2 Å². The zero-order chi connectivity index (χ0) is 18.4. The molecule has 2 aromatic carbocycles. The van der Waals surface area contributed by atoms with Crippen molar-refractivity contribution in [2.45, 2.75) is 6.42 Å². The van der Waals surface area contributed by atoms with Gasteiger partial charge in [-0.1, -0.05) is 0 Å². The second-order valence-corrected chi connectivity index (χ2v) is 9.89. The van der Waals surface area contributed by atoms with E-state index in [0.29, 0.717) is 13.1 Å². The second-order valence-electron chi connectivity index (χ2n) is 5.08. The number of aliphatic imine (C=N–C) groups is 2. The lowest BCUT2D eigenvalue weighted by Gasteiger charge is -2.03. The van der Waals surface area contributed by atoms with Gasteiger partial charge in [-0.2, -0.15) is 0 Å².